The number of hydrogen-bond donors (Lipinski definition) is 0. The van der Waals surface area contributed by atoms with Crippen LogP contribution >= 0.6 is 0 Å². The van der Waals surface area contributed by atoms with Crippen LogP contribution in [0.4, 0.5) is 5.69 Å². The first-order valence-electron chi connectivity index (χ1n) is 7.71. The Morgan fingerprint density at radius 1 is 1.05 bits per heavy atom. The summed E-state index contributed by atoms with van der Waals surface area (Å²) in [5.74, 6) is 0.242. The van der Waals surface area contributed by atoms with Crippen molar-refractivity contribution in [1.82, 2.24) is 9.80 Å². The van der Waals surface area contributed by atoms with Gasteiger partial charge in [-0.05, 0) is 38.1 Å². The average Bonchev–Trinajstić information content (AvgIpc) is 2.53. The topological polar surface area (TPSA) is 43.9 Å². The zero-order valence-corrected chi connectivity index (χ0v) is 13.9. The highest BCUT2D eigenvalue weighted by molar-refractivity contribution is 5.94. The molecule has 0 N–H and O–H groups in total. The van der Waals surface area contributed by atoms with Crippen molar-refractivity contribution in [3.63, 3.8) is 0 Å². The zero-order valence-electron chi connectivity index (χ0n) is 13.9. The van der Waals surface area contributed by atoms with Crippen molar-refractivity contribution in [2.24, 2.45) is 0 Å². The normalized spacial score (nSPS) is 17.2. The minimum absolute atomic E-state index is 0.0720. The van der Waals surface area contributed by atoms with E-state index in [2.05, 4.69) is 9.80 Å². The van der Waals surface area contributed by atoms with Gasteiger partial charge in [0.15, 0.2) is 5.78 Å². The summed E-state index contributed by atoms with van der Waals surface area (Å²) < 4.78 is 0. The maximum Gasteiger partial charge on any atom is 0.239 e. The second-order valence-electron chi connectivity index (χ2n) is 6.03. The van der Waals surface area contributed by atoms with Crippen LogP contribution in [0.5, 0.6) is 0 Å². The lowest BCUT2D eigenvalue weighted by Crippen LogP contribution is -2.53. The largest absolute Gasteiger partial charge is 0.369 e. The number of benzene rings is 1. The van der Waals surface area contributed by atoms with Crippen molar-refractivity contribution in [3.05, 3.63) is 29.8 Å². The Hall–Kier alpha value is -1.88. The highest BCUT2D eigenvalue weighted by Crippen LogP contribution is 2.18. The van der Waals surface area contributed by atoms with Gasteiger partial charge < -0.3 is 9.80 Å². The average molecular weight is 303 g/mol. The summed E-state index contributed by atoms with van der Waals surface area (Å²) in [6.07, 6.45) is 0. The molecule has 22 heavy (non-hydrogen) atoms. The van der Waals surface area contributed by atoms with E-state index in [-0.39, 0.29) is 17.7 Å². The minimum atomic E-state index is -0.0720. The van der Waals surface area contributed by atoms with E-state index in [9.17, 15) is 9.59 Å². The summed E-state index contributed by atoms with van der Waals surface area (Å²) in [6, 6.07) is 7.68. The molecule has 1 fully saturated rings. The molecule has 1 aromatic rings. The molecule has 1 aliphatic rings. The maximum atomic E-state index is 12.0. The molecule has 120 valence electrons. The standard InChI is InChI=1S/C17H25N3O2/c1-13(17(22)18(3)4)19-9-11-20(12-10-19)16-7-5-15(6-8-16)14(2)21/h5-8,13H,9-12H2,1-4H3/t13-/m0/s1. The number of nitrogens with zero attached hydrogens (tertiary/aromatic N) is 3. The quantitative estimate of drug-likeness (QED) is 0.791. The predicted octanol–water partition coefficient (Wildman–Crippen LogP) is 1.49. The molecule has 2 rings (SSSR count). The second kappa shape index (κ2) is 6.92. The van der Waals surface area contributed by atoms with Crippen LogP contribution in [-0.4, -0.2) is 67.8 Å². The number of anilines is 1. The van der Waals surface area contributed by atoms with Crippen LogP contribution in [0.25, 0.3) is 0 Å². The Morgan fingerprint density at radius 3 is 2.05 bits per heavy atom. The van der Waals surface area contributed by atoms with Crippen molar-refractivity contribution >= 4 is 17.4 Å². The highest BCUT2D eigenvalue weighted by atomic mass is 16.2. The smallest absolute Gasteiger partial charge is 0.239 e. The summed E-state index contributed by atoms with van der Waals surface area (Å²) in [4.78, 5) is 29.5. The van der Waals surface area contributed by atoms with E-state index in [1.54, 1.807) is 25.9 Å². The number of hydrogen-bond acceptors (Lipinski definition) is 4. The van der Waals surface area contributed by atoms with Crippen LogP contribution in [0.2, 0.25) is 0 Å². The van der Waals surface area contributed by atoms with Gasteiger partial charge in [-0.1, -0.05) is 0 Å². The van der Waals surface area contributed by atoms with Crippen LogP contribution in [0, 0.1) is 0 Å². The van der Waals surface area contributed by atoms with Crippen LogP contribution < -0.4 is 4.90 Å². The number of rotatable bonds is 4. The van der Waals surface area contributed by atoms with Gasteiger partial charge in [-0.3, -0.25) is 14.5 Å². The number of carbonyl (C=O) groups excluding carboxylic acids is 2. The van der Waals surface area contributed by atoms with Crippen LogP contribution in [0.3, 0.4) is 0 Å². The first-order valence-corrected chi connectivity index (χ1v) is 7.71. The number of Topliss-reactive ketones (excluding diaryl/α,β-unsaturated/α-hetero) is 1. The molecule has 0 unspecified atom stereocenters. The zero-order chi connectivity index (χ0) is 16.3. The molecule has 1 amide bonds. The van der Waals surface area contributed by atoms with E-state index in [1.165, 1.54) is 0 Å². The van der Waals surface area contributed by atoms with E-state index in [0.717, 1.165) is 37.4 Å². The first-order chi connectivity index (χ1) is 10.4. The van der Waals surface area contributed by atoms with Crippen molar-refractivity contribution in [2.75, 3.05) is 45.2 Å². The number of carbonyl (C=O) groups is 2. The van der Waals surface area contributed by atoms with E-state index in [4.69, 9.17) is 0 Å². The third kappa shape index (κ3) is 3.65. The fourth-order valence-corrected chi connectivity index (χ4v) is 2.80. The Labute approximate surface area is 132 Å². The van der Waals surface area contributed by atoms with Crippen molar-refractivity contribution in [3.8, 4) is 0 Å². The van der Waals surface area contributed by atoms with Crippen molar-refractivity contribution in [2.45, 2.75) is 19.9 Å². The van der Waals surface area contributed by atoms with E-state index >= 15 is 0 Å². The molecule has 0 bridgehead atoms. The third-order valence-electron chi connectivity index (χ3n) is 4.30. The van der Waals surface area contributed by atoms with E-state index < -0.39 is 0 Å². The molecule has 0 spiro atoms. The summed E-state index contributed by atoms with van der Waals surface area (Å²) in [6.45, 7) is 7.08. The maximum absolute atomic E-state index is 12.0. The molecule has 1 heterocycles. The van der Waals surface area contributed by atoms with Gasteiger partial charge in [-0.25, -0.2) is 0 Å². The van der Waals surface area contributed by atoms with Crippen LogP contribution in [-0.2, 0) is 4.79 Å². The number of ketones is 1. The second-order valence-corrected chi connectivity index (χ2v) is 6.03. The molecule has 1 aliphatic heterocycles. The van der Waals surface area contributed by atoms with Gasteiger partial charge in [0.2, 0.25) is 5.91 Å². The monoisotopic (exact) mass is 303 g/mol. The summed E-state index contributed by atoms with van der Waals surface area (Å²) >= 11 is 0. The summed E-state index contributed by atoms with van der Waals surface area (Å²) in [5, 5.41) is 0. The Balaban J connectivity index is 1.94. The fraction of sp³-hybridized carbons (Fsp3) is 0.529. The molecule has 0 aromatic heterocycles. The fourth-order valence-electron chi connectivity index (χ4n) is 2.80. The SMILES string of the molecule is CC(=O)c1ccc(N2CCN([C@@H](C)C(=O)N(C)C)CC2)cc1. The van der Waals surface area contributed by atoms with Crippen molar-refractivity contribution in [1.29, 1.82) is 0 Å². The summed E-state index contributed by atoms with van der Waals surface area (Å²) in [7, 11) is 3.59. The molecule has 1 saturated heterocycles. The molecule has 0 saturated carbocycles. The predicted molar refractivity (Wildman–Crippen MR) is 88.4 cm³/mol. The molecule has 5 heteroatoms. The van der Waals surface area contributed by atoms with E-state index in [0.29, 0.717) is 0 Å². The Kier molecular flexibility index (Phi) is 5.19. The number of amides is 1. The highest BCUT2D eigenvalue weighted by Gasteiger charge is 2.26. The molecule has 5 nitrogen and oxygen atoms in total. The lowest BCUT2D eigenvalue weighted by Gasteiger charge is -2.39. The first kappa shape index (κ1) is 16.5. The molecule has 0 aliphatic carbocycles. The summed E-state index contributed by atoms with van der Waals surface area (Å²) in [5.41, 5.74) is 1.88. The van der Waals surface area contributed by atoms with Gasteiger partial charge >= 0.3 is 0 Å². The van der Waals surface area contributed by atoms with Gasteiger partial charge in [0, 0.05) is 51.5 Å². The van der Waals surface area contributed by atoms with Crippen LogP contribution in [0.1, 0.15) is 24.2 Å². The minimum Gasteiger partial charge on any atom is -0.369 e. The number of piperazine rings is 1. The third-order valence-corrected chi connectivity index (χ3v) is 4.30. The van der Waals surface area contributed by atoms with Gasteiger partial charge in [0.25, 0.3) is 0 Å². The molecule has 0 radical (unpaired) electrons. The Morgan fingerprint density at radius 2 is 1.59 bits per heavy atom. The molecular formula is C17H25N3O2. The Bertz CT molecular complexity index is 531. The van der Waals surface area contributed by atoms with Gasteiger partial charge in [-0.2, -0.15) is 0 Å². The lowest BCUT2D eigenvalue weighted by molar-refractivity contribution is -0.133. The van der Waals surface area contributed by atoms with Gasteiger partial charge in [0.1, 0.15) is 0 Å². The van der Waals surface area contributed by atoms with Crippen LogP contribution in [0.15, 0.2) is 24.3 Å². The molecule has 1 aromatic carbocycles. The van der Waals surface area contributed by atoms with E-state index in [1.807, 2.05) is 31.2 Å². The molecule has 1 atom stereocenters. The van der Waals surface area contributed by atoms with Crippen molar-refractivity contribution < 1.29 is 9.59 Å². The number of likely N-dealkylation sites (N-methyl/N-ethyl adjacent to an activating group) is 1. The lowest BCUT2D eigenvalue weighted by atomic mass is 10.1. The molecular weight excluding hydrogens is 278 g/mol. The van der Waals surface area contributed by atoms with Gasteiger partial charge in [-0.15, -0.1) is 0 Å². The van der Waals surface area contributed by atoms with Gasteiger partial charge in [0.05, 0.1) is 6.04 Å².